The first-order chi connectivity index (χ1) is 27.1. The smallest absolute Gasteiger partial charge is 0.0468 e. The molecule has 1 unspecified atom stereocenters. The third-order valence-corrected chi connectivity index (χ3v) is 12.6. The van der Waals surface area contributed by atoms with Crippen molar-refractivity contribution in [3.05, 3.63) is 209 Å². The summed E-state index contributed by atoms with van der Waals surface area (Å²) in [5.41, 5.74) is 19.7. The first-order valence-corrected chi connectivity index (χ1v) is 20.1. The number of nitrogens with zero attached hydrogens (tertiary/aromatic N) is 1. The van der Waals surface area contributed by atoms with Gasteiger partial charge in [-0.05, 0) is 138 Å². The molecule has 2 aliphatic rings. The molecule has 0 amide bonds. The van der Waals surface area contributed by atoms with Crippen LogP contribution in [0.3, 0.4) is 0 Å². The number of anilines is 3. The molecule has 0 aliphatic heterocycles. The topological polar surface area (TPSA) is 3.24 Å². The second kappa shape index (κ2) is 13.0. The lowest BCUT2D eigenvalue weighted by Gasteiger charge is -2.30. The summed E-state index contributed by atoms with van der Waals surface area (Å²) in [7, 11) is 0. The second-order valence-corrected chi connectivity index (χ2v) is 17.4. The van der Waals surface area contributed by atoms with Gasteiger partial charge in [0.25, 0.3) is 0 Å². The molecule has 1 atom stereocenters. The maximum absolute atomic E-state index is 2.44. The molecule has 56 heavy (non-hydrogen) atoms. The van der Waals surface area contributed by atoms with Crippen LogP contribution in [-0.2, 0) is 17.3 Å². The molecule has 8 aromatic carbocycles. The van der Waals surface area contributed by atoms with Crippen LogP contribution in [0.5, 0.6) is 0 Å². The molecule has 0 radical (unpaired) electrons. The molecule has 0 fully saturated rings. The van der Waals surface area contributed by atoms with E-state index in [1.54, 1.807) is 0 Å². The van der Waals surface area contributed by atoms with E-state index in [2.05, 4.69) is 215 Å². The molecule has 0 N–H and O–H groups in total. The van der Waals surface area contributed by atoms with Crippen molar-refractivity contribution in [3.63, 3.8) is 0 Å². The lowest BCUT2D eigenvalue weighted by molar-refractivity contribution is 0.590. The molecule has 0 aromatic heterocycles. The average molecular weight is 722 g/mol. The molecule has 0 heterocycles. The van der Waals surface area contributed by atoms with E-state index in [0.717, 1.165) is 23.5 Å². The van der Waals surface area contributed by atoms with Crippen LogP contribution in [-0.4, -0.2) is 0 Å². The zero-order chi connectivity index (χ0) is 38.2. The van der Waals surface area contributed by atoms with Crippen LogP contribution >= 0.6 is 0 Å². The lowest BCUT2D eigenvalue weighted by Crippen LogP contribution is -2.17. The first-order valence-electron chi connectivity index (χ1n) is 20.1. The molecular formula is C55H47N. The maximum Gasteiger partial charge on any atom is 0.0468 e. The highest BCUT2D eigenvalue weighted by atomic mass is 15.1. The highest BCUT2D eigenvalue weighted by Gasteiger charge is 2.36. The molecule has 2 aliphatic carbocycles. The molecule has 1 nitrogen and oxygen atoms in total. The summed E-state index contributed by atoms with van der Waals surface area (Å²) >= 11 is 0. The Labute approximate surface area is 331 Å². The SMILES string of the molecule is CC(C)(C)c1ccc(N(c2ccc(-c3ccc4c(c3)C(C)(C)c3cc(-c5ccc(C6Cc7ccccc76)cc5)ccc3-4)cc2)c2ccc3ccccc3c2)cc1. The van der Waals surface area contributed by atoms with Gasteiger partial charge >= 0.3 is 0 Å². The molecular weight excluding hydrogens is 675 g/mol. The standard InChI is InChI=1S/C55H47N/c1-54(2,3)44-23-28-46(29-24-44)56(47-27-20-36-10-6-7-11-40(36)32-47)45-25-18-38(19-26-45)42-22-31-50-49-30-21-41(34-52(49)55(4,5)53(50)35-42)37-14-16-39(17-15-37)51-33-43-12-8-9-13-48(43)51/h6-32,34-35,51H,33H2,1-5H3. The van der Waals surface area contributed by atoms with Crippen LogP contribution in [0.4, 0.5) is 17.1 Å². The van der Waals surface area contributed by atoms with Crippen molar-refractivity contribution in [1.29, 1.82) is 0 Å². The number of hydrogen-bond donors (Lipinski definition) is 0. The summed E-state index contributed by atoms with van der Waals surface area (Å²) in [6, 6.07) is 65.9. The van der Waals surface area contributed by atoms with Crippen molar-refractivity contribution in [1.82, 2.24) is 0 Å². The summed E-state index contributed by atoms with van der Waals surface area (Å²) in [5.74, 6) is 0.522. The summed E-state index contributed by atoms with van der Waals surface area (Å²) < 4.78 is 0. The van der Waals surface area contributed by atoms with Crippen molar-refractivity contribution in [2.75, 3.05) is 4.90 Å². The number of fused-ring (bicyclic) bond motifs is 5. The van der Waals surface area contributed by atoms with E-state index < -0.39 is 0 Å². The van der Waals surface area contributed by atoms with Gasteiger partial charge in [0.15, 0.2) is 0 Å². The van der Waals surface area contributed by atoms with E-state index in [-0.39, 0.29) is 10.8 Å². The minimum Gasteiger partial charge on any atom is -0.310 e. The van der Waals surface area contributed by atoms with Crippen LogP contribution in [0.1, 0.15) is 73.9 Å². The average Bonchev–Trinajstić information content (AvgIpc) is 3.43. The molecule has 272 valence electrons. The quantitative estimate of drug-likeness (QED) is 0.165. The van der Waals surface area contributed by atoms with Crippen LogP contribution in [0.15, 0.2) is 176 Å². The number of hydrogen-bond acceptors (Lipinski definition) is 1. The normalized spacial score (nSPS) is 15.1. The highest BCUT2D eigenvalue weighted by Crippen LogP contribution is 2.51. The summed E-state index contributed by atoms with van der Waals surface area (Å²) in [4.78, 5) is 2.38. The zero-order valence-electron chi connectivity index (χ0n) is 33.0. The van der Waals surface area contributed by atoms with Gasteiger partial charge in [0.05, 0.1) is 0 Å². The molecule has 0 saturated heterocycles. The minimum absolute atomic E-state index is 0.0949. The fourth-order valence-corrected chi connectivity index (χ4v) is 9.24. The van der Waals surface area contributed by atoms with Crippen molar-refractivity contribution in [2.24, 2.45) is 0 Å². The Hall–Kier alpha value is -6.18. The van der Waals surface area contributed by atoms with Crippen molar-refractivity contribution in [3.8, 4) is 33.4 Å². The fraction of sp³-hybridized carbons (Fsp3) is 0.164. The van der Waals surface area contributed by atoms with Crippen LogP contribution in [0.25, 0.3) is 44.2 Å². The van der Waals surface area contributed by atoms with Gasteiger partial charge in [0.1, 0.15) is 0 Å². The van der Waals surface area contributed by atoms with E-state index in [4.69, 9.17) is 0 Å². The Balaban J connectivity index is 0.945. The largest absolute Gasteiger partial charge is 0.310 e. The van der Waals surface area contributed by atoms with Gasteiger partial charge in [-0.1, -0.05) is 162 Å². The molecule has 1 heteroatoms. The van der Waals surface area contributed by atoms with Gasteiger partial charge < -0.3 is 4.90 Å². The Morgan fingerprint density at radius 3 is 1.61 bits per heavy atom. The second-order valence-electron chi connectivity index (χ2n) is 17.4. The van der Waals surface area contributed by atoms with Crippen molar-refractivity contribution in [2.45, 2.75) is 57.8 Å². The molecule has 10 rings (SSSR count). The lowest BCUT2D eigenvalue weighted by atomic mass is 9.73. The van der Waals surface area contributed by atoms with Gasteiger partial charge in [-0.15, -0.1) is 0 Å². The van der Waals surface area contributed by atoms with E-state index in [1.807, 2.05) is 0 Å². The van der Waals surface area contributed by atoms with E-state index >= 15 is 0 Å². The van der Waals surface area contributed by atoms with Crippen molar-refractivity contribution < 1.29 is 0 Å². The third-order valence-electron chi connectivity index (χ3n) is 12.6. The van der Waals surface area contributed by atoms with E-state index in [0.29, 0.717) is 5.92 Å². The minimum atomic E-state index is -0.113. The molecule has 0 saturated carbocycles. The predicted octanol–water partition coefficient (Wildman–Crippen LogP) is 14.9. The Morgan fingerprint density at radius 1 is 0.482 bits per heavy atom. The van der Waals surface area contributed by atoms with Gasteiger partial charge in [0.2, 0.25) is 0 Å². The number of rotatable bonds is 6. The highest BCUT2D eigenvalue weighted by molar-refractivity contribution is 5.90. The van der Waals surface area contributed by atoms with Crippen LogP contribution < -0.4 is 4.90 Å². The van der Waals surface area contributed by atoms with Gasteiger partial charge in [-0.2, -0.15) is 0 Å². The summed E-state index contributed by atoms with van der Waals surface area (Å²) in [6.45, 7) is 11.6. The van der Waals surface area contributed by atoms with Gasteiger partial charge in [-0.25, -0.2) is 0 Å². The van der Waals surface area contributed by atoms with Crippen LogP contribution in [0, 0.1) is 0 Å². The summed E-state index contributed by atoms with van der Waals surface area (Å²) in [6.07, 6.45) is 1.14. The van der Waals surface area contributed by atoms with E-state index in [9.17, 15) is 0 Å². The summed E-state index contributed by atoms with van der Waals surface area (Å²) in [5, 5.41) is 2.48. The Bertz CT molecular complexity index is 2760. The molecule has 0 bridgehead atoms. The molecule has 8 aromatic rings. The fourth-order valence-electron chi connectivity index (χ4n) is 9.24. The maximum atomic E-state index is 2.44. The van der Waals surface area contributed by atoms with Gasteiger partial charge in [0, 0.05) is 28.4 Å². The zero-order valence-corrected chi connectivity index (χ0v) is 33.0. The Kier molecular flexibility index (Phi) is 7.94. The monoisotopic (exact) mass is 721 g/mol. The number of benzene rings is 8. The third kappa shape index (κ3) is 5.77. The Morgan fingerprint density at radius 2 is 1.00 bits per heavy atom. The molecule has 0 spiro atoms. The predicted molar refractivity (Wildman–Crippen MR) is 238 cm³/mol. The first kappa shape index (κ1) is 34.3. The van der Waals surface area contributed by atoms with E-state index in [1.165, 1.54) is 77.5 Å². The van der Waals surface area contributed by atoms with Gasteiger partial charge in [-0.3, -0.25) is 0 Å². The van der Waals surface area contributed by atoms with Crippen LogP contribution in [0.2, 0.25) is 0 Å². The van der Waals surface area contributed by atoms with Crippen molar-refractivity contribution >= 4 is 27.8 Å².